The highest BCUT2D eigenvalue weighted by Crippen LogP contribution is 2.39. The lowest BCUT2D eigenvalue weighted by molar-refractivity contribution is -0.107. The zero-order valence-corrected chi connectivity index (χ0v) is 11.2. The second-order valence-corrected chi connectivity index (χ2v) is 5.83. The van der Waals surface area contributed by atoms with Gasteiger partial charge in [0.2, 0.25) is 0 Å². The van der Waals surface area contributed by atoms with Gasteiger partial charge in [-0.15, -0.1) is 11.3 Å². The normalized spacial score (nSPS) is 10.5. The maximum absolute atomic E-state index is 10.4. The third kappa shape index (κ3) is 2.83. The Morgan fingerprint density at radius 3 is 2.89 bits per heavy atom. The van der Waals surface area contributed by atoms with Crippen molar-refractivity contribution in [2.75, 3.05) is 0 Å². The number of carbonyl (C=O) groups is 1. The summed E-state index contributed by atoms with van der Waals surface area (Å²) in [6, 6.07) is 3.02. The van der Waals surface area contributed by atoms with Crippen LogP contribution in [0, 0.1) is 6.92 Å². The van der Waals surface area contributed by atoms with E-state index in [4.69, 9.17) is 0 Å². The number of thiazole rings is 1. The van der Waals surface area contributed by atoms with E-state index in [2.05, 4.69) is 4.98 Å². The topological polar surface area (TPSA) is 70.4 Å². The summed E-state index contributed by atoms with van der Waals surface area (Å²) in [7, 11) is 0. The van der Waals surface area contributed by atoms with E-state index in [1.54, 1.807) is 6.92 Å². The predicted molar refractivity (Wildman–Crippen MR) is 70.5 cm³/mol. The minimum atomic E-state index is 0.113. The van der Waals surface area contributed by atoms with Gasteiger partial charge in [-0.2, -0.15) is 0 Å². The molecule has 0 atom stereocenters. The molecule has 1 aromatic heterocycles. The van der Waals surface area contributed by atoms with Crippen molar-refractivity contribution in [1.29, 1.82) is 0 Å². The zero-order chi connectivity index (χ0) is 13.1. The van der Waals surface area contributed by atoms with Crippen LogP contribution in [0.4, 0.5) is 0 Å². The Hall–Kier alpha value is -1.53. The van der Waals surface area contributed by atoms with Crippen LogP contribution in [-0.4, -0.2) is 21.5 Å². The lowest BCUT2D eigenvalue weighted by Crippen LogP contribution is -1.85. The number of aryl methyl sites for hydroxylation is 1. The summed E-state index contributed by atoms with van der Waals surface area (Å²) < 4.78 is 0.727. The molecule has 0 amide bonds. The maximum Gasteiger partial charge on any atom is 0.155 e. The number of phenols is 2. The van der Waals surface area contributed by atoms with E-state index >= 15 is 0 Å². The number of hydrogen-bond acceptors (Lipinski definition) is 6. The monoisotopic (exact) mass is 281 g/mol. The molecular weight excluding hydrogens is 270 g/mol. The molecule has 2 rings (SSSR count). The highest BCUT2D eigenvalue weighted by molar-refractivity contribution is 8.01. The maximum atomic E-state index is 10.4. The molecule has 0 radical (unpaired) electrons. The standard InChI is InChI=1S/C12H11NO3S2/c1-7-4-10(16)11(5-9(7)15)18-12-13-8(2-3-14)6-17-12/h3-6,15-16H,2H2,1H3. The van der Waals surface area contributed by atoms with Crippen molar-refractivity contribution in [3.63, 3.8) is 0 Å². The van der Waals surface area contributed by atoms with Crippen molar-refractivity contribution in [2.45, 2.75) is 22.6 Å². The second kappa shape index (κ2) is 5.41. The van der Waals surface area contributed by atoms with E-state index in [9.17, 15) is 15.0 Å². The Morgan fingerprint density at radius 2 is 2.17 bits per heavy atom. The summed E-state index contributed by atoms with van der Waals surface area (Å²) in [6.45, 7) is 1.72. The summed E-state index contributed by atoms with van der Waals surface area (Å²) in [5.74, 6) is 0.252. The fraction of sp³-hybridized carbons (Fsp3) is 0.167. The third-order valence-electron chi connectivity index (χ3n) is 2.30. The van der Waals surface area contributed by atoms with Crippen molar-refractivity contribution in [3.05, 3.63) is 28.8 Å². The van der Waals surface area contributed by atoms with E-state index in [1.807, 2.05) is 5.38 Å². The van der Waals surface area contributed by atoms with Gasteiger partial charge in [-0.25, -0.2) is 4.98 Å². The smallest absolute Gasteiger partial charge is 0.155 e. The molecule has 94 valence electrons. The average molecular weight is 281 g/mol. The van der Waals surface area contributed by atoms with Crippen molar-refractivity contribution < 1.29 is 15.0 Å². The number of hydrogen-bond donors (Lipinski definition) is 2. The lowest BCUT2D eigenvalue weighted by atomic mass is 10.2. The Balaban J connectivity index is 2.22. The Morgan fingerprint density at radius 1 is 1.39 bits per heavy atom. The molecule has 0 saturated heterocycles. The highest BCUT2D eigenvalue weighted by Gasteiger charge is 2.10. The molecule has 0 unspecified atom stereocenters. The molecule has 2 aromatic rings. The number of carbonyl (C=O) groups excluding carboxylic acids is 1. The molecule has 1 aromatic carbocycles. The van der Waals surface area contributed by atoms with Gasteiger partial charge < -0.3 is 15.0 Å². The lowest BCUT2D eigenvalue weighted by Gasteiger charge is -2.05. The fourth-order valence-electron chi connectivity index (χ4n) is 1.35. The van der Waals surface area contributed by atoms with Gasteiger partial charge in [-0.1, -0.05) is 11.8 Å². The van der Waals surface area contributed by atoms with Crippen LogP contribution >= 0.6 is 23.1 Å². The van der Waals surface area contributed by atoms with Crippen molar-refractivity contribution >= 4 is 29.4 Å². The average Bonchev–Trinajstić information content (AvgIpc) is 2.74. The molecule has 0 bridgehead atoms. The third-order valence-corrected chi connectivity index (χ3v) is 4.33. The number of aromatic hydroxyl groups is 2. The number of aldehydes is 1. The molecule has 2 N–H and O–H groups in total. The van der Waals surface area contributed by atoms with Crippen LogP contribution in [-0.2, 0) is 11.2 Å². The van der Waals surface area contributed by atoms with Gasteiger partial charge in [0, 0.05) is 11.8 Å². The van der Waals surface area contributed by atoms with Crippen LogP contribution in [0.15, 0.2) is 26.7 Å². The van der Waals surface area contributed by atoms with Gasteiger partial charge in [0.15, 0.2) is 4.34 Å². The Kier molecular flexibility index (Phi) is 3.88. The molecule has 1 heterocycles. The summed E-state index contributed by atoms with van der Waals surface area (Å²) in [5, 5.41) is 21.2. The van der Waals surface area contributed by atoms with E-state index in [-0.39, 0.29) is 11.5 Å². The minimum absolute atomic E-state index is 0.113. The molecule has 0 aliphatic rings. The second-order valence-electron chi connectivity index (χ2n) is 3.68. The molecule has 0 aliphatic carbocycles. The molecule has 0 spiro atoms. The summed E-state index contributed by atoms with van der Waals surface area (Å²) in [4.78, 5) is 15.2. The van der Waals surface area contributed by atoms with E-state index in [1.165, 1.54) is 35.2 Å². The van der Waals surface area contributed by atoms with Gasteiger partial charge in [-0.05, 0) is 24.6 Å². The SMILES string of the molecule is Cc1cc(O)c(Sc2nc(CC=O)cs2)cc1O. The number of rotatable bonds is 4. The van der Waals surface area contributed by atoms with Gasteiger partial charge in [0.05, 0.1) is 10.6 Å². The van der Waals surface area contributed by atoms with Crippen LogP contribution < -0.4 is 0 Å². The molecule has 6 heteroatoms. The number of benzene rings is 1. The van der Waals surface area contributed by atoms with Gasteiger partial charge in [0.25, 0.3) is 0 Å². The van der Waals surface area contributed by atoms with Crippen LogP contribution in [0.25, 0.3) is 0 Å². The Bertz CT molecular complexity index is 581. The summed E-state index contributed by atoms with van der Waals surface area (Å²) >= 11 is 2.67. The number of phenolic OH excluding ortho intramolecular Hbond substituents is 2. The molecule has 18 heavy (non-hydrogen) atoms. The van der Waals surface area contributed by atoms with Crippen molar-refractivity contribution in [3.8, 4) is 11.5 Å². The minimum Gasteiger partial charge on any atom is -0.508 e. The number of nitrogens with zero attached hydrogens (tertiary/aromatic N) is 1. The molecule has 0 aliphatic heterocycles. The highest BCUT2D eigenvalue weighted by atomic mass is 32.2. The first-order valence-electron chi connectivity index (χ1n) is 5.18. The first-order valence-corrected chi connectivity index (χ1v) is 6.88. The predicted octanol–water partition coefficient (Wildman–Crippen LogP) is 2.76. The van der Waals surface area contributed by atoms with E-state index in [0.29, 0.717) is 22.6 Å². The van der Waals surface area contributed by atoms with E-state index in [0.717, 1.165) is 10.6 Å². The fourth-order valence-corrected chi connectivity index (χ4v) is 3.20. The first kappa shape index (κ1) is 12.9. The van der Waals surface area contributed by atoms with Crippen LogP contribution in [0.1, 0.15) is 11.3 Å². The first-order chi connectivity index (χ1) is 8.60. The van der Waals surface area contributed by atoms with Crippen molar-refractivity contribution in [1.82, 2.24) is 4.98 Å². The van der Waals surface area contributed by atoms with Crippen molar-refractivity contribution in [2.24, 2.45) is 0 Å². The Labute approximate surface area is 112 Å². The quantitative estimate of drug-likeness (QED) is 0.666. The summed E-state index contributed by atoms with van der Waals surface area (Å²) in [5.41, 5.74) is 1.34. The number of aromatic nitrogens is 1. The van der Waals surface area contributed by atoms with Gasteiger partial charge >= 0.3 is 0 Å². The zero-order valence-electron chi connectivity index (χ0n) is 9.58. The van der Waals surface area contributed by atoms with Gasteiger partial charge in [0.1, 0.15) is 17.8 Å². The van der Waals surface area contributed by atoms with Crippen LogP contribution in [0.2, 0.25) is 0 Å². The molecule has 0 saturated carbocycles. The largest absolute Gasteiger partial charge is 0.508 e. The molecule has 4 nitrogen and oxygen atoms in total. The summed E-state index contributed by atoms with van der Waals surface area (Å²) in [6.07, 6.45) is 1.10. The molecule has 0 fully saturated rings. The van der Waals surface area contributed by atoms with Crippen LogP contribution in [0.5, 0.6) is 11.5 Å². The van der Waals surface area contributed by atoms with Crippen LogP contribution in [0.3, 0.4) is 0 Å². The van der Waals surface area contributed by atoms with E-state index < -0.39 is 0 Å². The molecular formula is C12H11NO3S2. The van der Waals surface area contributed by atoms with Gasteiger partial charge in [-0.3, -0.25) is 0 Å².